The van der Waals surface area contributed by atoms with Gasteiger partial charge in [0.05, 0.1) is 0 Å². The van der Waals surface area contributed by atoms with E-state index in [0.29, 0.717) is 10.8 Å². The maximum Gasteiger partial charge on any atom is 0.0103 e. The highest BCUT2D eigenvalue weighted by atomic mass is 14.9. The van der Waals surface area contributed by atoms with Crippen LogP contribution in [0.2, 0.25) is 0 Å². The summed E-state index contributed by atoms with van der Waals surface area (Å²) in [5.41, 5.74) is 0.935. The molecule has 1 heteroatoms. The molecule has 3 unspecified atom stereocenters. The number of rotatable bonds is 6. The molecular formula is C19H39N. The third-order valence-electron chi connectivity index (χ3n) is 5.29. The van der Waals surface area contributed by atoms with E-state index in [1.54, 1.807) is 0 Å². The van der Waals surface area contributed by atoms with Crippen molar-refractivity contribution in [3.8, 4) is 0 Å². The second kappa shape index (κ2) is 7.29. The average molecular weight is 282 g/mol. The highest BCUT2D eigenvalue weighted by Gasteiger charge is 2.38. The van der Waals surface area contributed by atoms with Crippen molar-refractivity contribution < 1.29 is 0 Å². The fraction of sp³-hybridized carbons (Fsp3) is 1.00. The highest BCUT2D eigenvalue weighted by molar-refractivity contribution is 4.92. The first-order chi connectivity index (χ1) is 9.15. The summed E-state index contributed by atoms with van der Waals surface area (Å²) in [5.74, 6) is 1.76. The Hall–Kier alpha value is -0.0400. The monoisotopic (exact) mass is 281 g/mol. The molecular weight excluding hydrogens is 242 g/mol. The third-order valence-corrected chi connectivity index (χ3v) is 5.29. The van der Waals surface area contributed by atoms with Crippen molar-refractivity contribution >= 4 is 0 Å². The van der Waals surface area contributed by atoms with Crippen molar-refractivity contribution in [3.63, 3.8) is 0 Å². The van der Waals surface area contributed by atoms with Crippen molar-refractivity contribution in [3.05, 3.63) is 0 Å². The first kappa shape index (κ1) is 18.0. The zero-order valence-corrected chi connectivity index (χ0v) is 15.2. The van der Waals surface area contributed by atoms with Crippen LogP contribution in [0.15, 0.2) is 0 Å². The van der Waals surface area contributed by atoms with Crippen LogP contribution in [0.25, 0.3) is 0 Å². The van der Waals surface area contributed by atoms with Crippen LogP contribution >= 0.6 is 0 Å². The van der Waals surface area contributed by atoms with E-state index >= 15 is 0 Å². The summed E-state index contributed by atoms with van der Waals surface area (Å²) >= 11 is 0. The summed E-state index contributed by atoms with van der Waals surface area (Å²) in [6, 6.07) is 0.744. The zero-order valence-electron chi connectivity index (χ0n) is 15.2. The predicted molar refractivity (Wildman–Crippen MR) is 91.1 cm³/mol. The standard InChI is InChI=1S/C19H39N/c1-8-13-20-17-14-15(2)9-10-16(17)19(6,7)12-11-18(3,4)5/h15-17,20H,8-14H2,1-7H3. The molecule has 1 fully saturated rings. The van der Waals surface area contributed by atoms with Crippen molar-refractivity contribution in [1.29, 1.82) is 0 Å². The molecule has 0 radical (unpaired) electrons. The van der Waals surface area contributed by atoms with E-state index < -0.39 is 0 Å². The lowest BCUT2D eigenvalue weighted by atomic mass is 9.63. The van der Waals surface area contributed by atoms with Crippen LogP contribution in [-0.4, -0.2) is 12.6 Å². The molecule has 1 N–H and O–H groups in total. The fourth-order valence-electron chi connectivity index (χ4n) is 3.75. The summed E-state index contributed by atoms with van der Waals surface area (Å²) in [5, 5.41) is 3.86. The van der Waals surface area contributed by atoms with Gasteiger partial charge in [0.15, 0.2) is 0 Å². The summed E-state index contributed by atoms with van der Waals surface area (Å²) in [7, 11) is 0. The van der Waals surface area contributed by atoms with Gasteiger partial charge in [-0.05, 0) is 61.3 Å². The lowest BCUT2D eigenvalue weighted by Gasteiger charge is -2.45. The van der Waals surface area contributed by atoms with Crippen molar-refractivity contribution in [1.82, 2.24) is 5.32 Å². The van der Waals surface area contributed by atoms with Gasteiger partial charge in [0.2, 0.25) is 0 Å². The molecule has 0 aromatic heterocycles. The van der Waals surface area contributed by atoms with Crippen molar-refractivity contribution in [2.75, 3.05) is 6.54 Å². The Morgan fingerprint density at radius 3 is 2.20 bits per heavy atom. The molecule has 0 aliphatic heterocycles. The second-order valence-electron chi connectivity index (χ2n) is 9.13. The van der Waals surface area contributed by atoms with Crippen LogP contribution in [0.1, 0.15) is 87.0 Å². The smallest absolute Gasteiger partial charge is 0.0103 e. The van der Waals surface area contributed by atoms with E-state index in [1.807, 2.05) is 0 Å². The van der Waals surface area contributed by atoms with Gasteiger partial charge >= 0.3 is 0 Å². The van der Waals surface area contributed by atoms with E-state index in [2.05, 4.69) is 53.8 Å². The Morgan fingerprint density at radius 2 is 1.65 bits per heavy atom. The Bertz CT molecular complexity index is 274. The molecule has 0 heterocycles. The van der Waals surface area contributed by atoms with E-state index in [1.165, 1.54) is 45.1 Å². The minimum atomic E-state index is 0.464. The van der Waals surface area contributed by atoms with E-state index in [0.717, 1.165) is 17.9 Å². The molecule has 20 heavy (non-hydrogen) atoms. The SMILES string of the molecule is CCCNC1CC(C)CCC1C(C)(C)CCC(C)(C)C. The Labute approximate surface area is 128 Å². The summed E-state index contributed by atoms with van der Waals surface area (Å²) in [4.78, 5) is 0. The molecule has 1 aliphatic rings. The van der Waals surface area contributed by atoms with Crippen LogP contribution in [-0.2, 0) is 0 Å². The topological polar surface area (TPSA) is 12.0 Å². The molecule has 0 amide bonds. The van der Waals surface area contributed by atoms with Crippen LogP contribution in [0.5, 0.6) is 0 Å². The first-order valence-corrected chi connectivity index (χ1v) is 8.89. The average Bonchev–Trinajstić information content (AvgIpc) is 2.33. The quantitative estimate of drug-likeness (QED) is 0.664. The lowest BCUT2D eigenvalue weighted by Crippen LogP contribution is -2.47. The number of nitrogens with one attached hydrogen (secondary N) is 1. The highest BCUT2D eigenvalue weighted by Crippen LogP contribution is 2.44. The Balaban J connectivity index is 2.67. The molecule has 120 valence electrons. The van der Waals surface area contributed by atoms with Gasteiger partial charge in [0.25, 0.3) is 0 Å². The fourth-order valence-corrected chi connectivity index (χ4v) is 3.75. The third kappa shape index (κ3) is 5.76. The van der Waals surface area contributed by atoms with Gasteiger partial charge in [0, 0.05) is 6.04 Å². The van der Waals surface area contributed by atoms with E-state index in [4.69, 9.17) is 0 Å². The van der Waals surface area contributed by atoms with Gasteiger partial charge in [0.1, 0.15) is 0 Å². The zero-order chi connectivity index (χ0) is 15.4. The first-order valence-electron chi connectivity index (χ1n) is 8.89. The van der Waals surface area contributed by atoms with Gasteiger partial charge < -0.3 is 5.32 Å². The molecule has 0 bridgehead atoms. The lowest BCUT2D eigenvalue weighted by molar-refractivity contribution is 0.0761. The normalized spacial score (nSPS) is 28.6. The van der Waals surface area contributed by atoms with Crippen LogP contribution in [0.4, 0.5) is 0 Å². The van der Waals surface area contributed by atoms with E-state index in [-0.39, 0.29) is 0 Å². The van der Waals surface area contributed by atoms with Crippen LogP contribution in [0, 0.1) is 22.7 Å². The maximum atomic E-state index is 3.86. The van der Waals surface area contributed by atoms with Gasteiger partial charge in [-0.15, -0.1) is 0 Å². The maximum absolute atomic E-state index is 3.86. The summed E-state index contributed by atoms with van der Waals surface area (Å²) in [6.07, 6.45) is 8.17. The van der Waals surface area contributed by atoms with Gasteiger partial charge in [-0.25, -0.2) is 0 Å². The van der Waals surface area contributed by atoms with Gasteiger partial charge in [-0.1, -0.05) is 54.9 Å². The van der Waals surface area contributed by atoms with E-state index in [9.17, 15) is 0 Å². The van der Waals surface area contributed by atoms with Crippen LogP contribution < -0.4 is 5.32 Å². The molecule has 0 aromatic rings. The number of hydrogen-bond acceptors (Lipinski definition) is 1. The molecule has 0 aromatic carbocycles. The Morgan fingerprint density at radius 1 is 1.00 bits per heavy atom. The van der Waals surface area contributed by atoms with Gasteiger partial charge in [-0.2, -0.15) is 0 Å². The van der Waals surface area contributed by atoms with Gasteiger partial charge in [-0.3, -0.25) is 0 Å². The molecule has 1 nitrogen and oxygen atoms in total. The van der Waals surface area contributed by atoms with Crippen molar-refractivity contribution in [2.45, 2.75) is 93.0 Å². The molecule has 0 saturated heterocycles. The minimum absolute atomic E-state index is 0.464. The van der Waals surface area contributed by atoms with Crippen molar-refractivity contribution in [2.24, 2.45) is 22.7 Å². The molecule has 1 rings (SSSR count). The minimum Gasteiger partial charge on any atom is -0.314 e. The molecule has 0 spiro atoms. The summed E-state index contributed by atoms with van der Waals surface area (Å²) < 4.78 is 0. The molecule has 1 aliphatic carbocycles. The summed E-state index contributed by atoms with van der Waals surface area (Å²) in [6.45, 7) is 18.0. The largest absolute Gasteiger partial charge is 0.314 e. The number of hydrogen-bond donors (Lipinski definition) is 1. The van der Waals surface area contributed by atoms with Crippen LogP contribution in [0.3, 0.4) is 0 Å². The Kier molecular flexibility index (Phi) is 6.57. The molecule has 3 atom stereocenters. The predicted octanol–water partition coefficient (Wildman–Crippen LogP) is 5.64. The second-order valence-corrected chi connectivity index (χ2v) is 9.13. The molecule has 1 saturated carbocycles.